The van der Waals surface area contributed by atoms with Crippen LogP contribution in [0.4, 0.5) is 17.1 Å². The van der Waals surface area contributed by atoms with Gasteiger partial charge < -0.3 is 4.90 Å². The van der Waals surface area contributed by atoms with E-state index >= 15 is 0 Å². The summed E-state index contributed by atoms with van der Waals surface area (Å²) in [5.41, 5.74) is 19.3. The number of hydrogen-bond donors (Lipinski definition) is 0. The van der Waals surface area contributed by atoms with E-state index in [0.29, 0.717) is 0 Å². The van der Waals surface area contributed by atoms with E-state index in [1.807, 2.05) is 0 Å². The zero-order chi connectivity index (χ0) is 33.3. The molecule has 0 fully saturated rings. The van der Waals surface area contributed by atoms with Gasteiger partial charge in [-0.1, -0.05) is 161 Å². The lowest BCUT2D eigenvalue weighted by Gasteiger charge is -2.29. The summed E-state index contributed by atoms with van der Waals surface area (Å²) in [6, 6.07) is 60.3. The minimum absolute atomic E-state index is 0.0562. The zero-order valence-electron chi connectivity index (χ0n) is 28.5. The summed E-state index contributed by atoms with van der Waals surface area (Å²) < 4.78 is 0. The third-order valence-electron chi connectivity index (χ3n) is 11.1. The van der Waals surface area contributed by atoms with Gasteiger partial charge in [0.15, 0.2) is 0 Å². The second-order valence-electron chi connectivity index (χ2n) is 14.5. The molecule has 0 radical (unpaired) electrons. The summed E-state index contributed by atoms with van der Waals surface area (Å²) in [6.07, 6.45) is 0. The summed E-state index contributed by atoms with van der Waals surface area (Å²) in [7, 11) is 0. The first kappa shape index (κ1) is 29.5. The number of rotatable bonds is 5. The second-order valence-corrected chi connectivity index (χ2v) is 14.5. The summed E-state index contributed by atoms with van der Waals surface area (Å²) in [4.78, 5) is 2.42. The minimum atomic E-state index is -0.0701. The van der Waals surface area contributed by atoms with E-state index < -0.39 is 0 Å². The van der Waals surface area contributed by atoms with E-state index in [1.165, 1.54) is 66.8 Å². The molecule has 236 valence electrons. The average Bonchev–Trinajstić information content (AvgIpc) is 3.53. The van der Waals surface area contributed by atoms with Gasteiger partial charge in [-0.25, -0.2) is 0 Å². The molecule has 0 saturated heterocycles. The maximum Gasteiger partial charge on any atom is 0.0540 e. The van der Waals surface area contributed by atoms with Crippen LogP contribution >= 0.6 is 0 Å². The van der Waals surface area contributed by atoms with Crippen LogP contribution in [0.3, 0.4) is 0 Å². The molecule has 1 heteroatoms. The van der Waals surface area contributed by atoms with Crippen LogP contribution in [0.5, 0.6) is 0 Å². The van der Waals surface area contributed by atoms with Crippen LogP contribution < -0.4 is 4.90 Å². The highest BCUT2D eigenvalue weighted by Crippen LogP contribution is 2.54. The van der Waals surface area contributed by atoms with Crippen molar-refractivity contribution in [3.63, 3.8) is 0 Å². The van der Waals surface area contributed by atoms with Gasteiger partial charge in [-0.2, -0.15) is 0 Å². The van der Waals surface area contributed by atoms with Gasteiger partial charge in [0.25, 0.3) is 0 Å². The van der Waals surface area contributed by atoms with Crippen molar-refractivity contribution in [3.05, 3.63) is 186 Å². The highest BCUT2D eigenvalue weighted by atomic mass is 15.1. The Labute approximate surface area is 290 Å². The third kappa shape index (κ3) is 4.39. The van der Waals surface area contributed by atoms with Gasteiger partial charge in [0.05, 0.1) is 5.69 Å². The Morgan fingerprint density at radius 3 is 1.61 bits per heavy atom. The lowest BCUT2D eigenvalue weighted by molar-refractivity contribution is 0.660. The highest BCUT2D eigenvalue weighted by Gasteiger charge is 2.38. The van der Waals surface area contributed by atoms with Crippen molar-refractivity contribution in [1.29, 1.82) is 0 Å². The molecule has 0 N–H and O–H groups in total. The van der Waals surface area contributed by atoms with Gasteiger partial charge in [-0.3, -0.25) is 0 Å². The summed E-state index contributed by atoms with van der Waals surface area (Å²) in [5.74, 6) is 0. The number of fused-ring (bicyclic) bond motifs is 6. The molecule has 2 aliphatic carbocycles. The molecule has 1 nitrogen and oxygen atoms in total. The SMILES string of the molecule is CC1(C)c2ccccc2-c2c(-c3ccccc3N(c3ccccc3)c3ccc(-c4cccc5c4C(C)(C)c4ccccc4-5)cc3)cccc21. The van der Waals surface area contributed by atoms with Gasteiger partial charge in [0.2, 0.25) is 0 Å². The molecule has 0 spiro atoms. The van der Waals surface area contributed by atoms with Crippen LogP contribution in [-0.4, -0.2) is 0 Å². The number of benzene rings is 7. The molecule has 2 aliphatic rings. The number of nitrogens with zero attached hydrogens (tertiary/aromatic N) is 1. The molecule has 0 amide bonds. The van der Waals surface area contributed by atoms with Crippen LogP contribution in [0, 0.1) is 0 Å². The Morgan fingerprint density at radius 1 is 0.347 bits per heavy atom. The average molecular weight is 630 g/mol. The van der Waals surface area contributed by atoms with Crippen molar-refractivity contribution in [2.75, 3.05) is 4.90 Å². The fourth-order valence-electron chi connectivity index (χ4n) is 8.76. The quantitative estimate of drug-likeness (QED) is 0.183. The van der Waals surface area contributed by atoms with Gasteiger partial charge >= 0.3 is 0 Å². The number of para-hydroxylation sites is 2. The molecule has 0 heterocycles. The molecule has 0 unspecified atom stereocenters. The molecular formula is C48H39N. The Morgan fingerprint density at radius 2 is 0.857 bits per heavy atom. The Hall–Kier alpha value is -5.66. The van der Waals surface area contributed by atoms with Gasteiger partial charge in [0.1, 0.15) is 0 Å². The standard InChI is InChI=1S/C48H39N/c1-47(2)42-25-12-9-20-40(42)45-38(22-15-26-43(45)47)37-19-10-13-27-44(37)49(33-16-6-5-7-17-33)34-30-28-32(29-31-34)35-21-14-23-39-36-18-8-11-24-41(36)48(3,4)46(35)39/h5-31H,1-4H3. The molecule has 0 bridgehead atoms. The lowest BCUT2D eigenvalue weighted by atomic mass is 9.79. The predicted molar refractivity (Wildman–Crippen MR) is 207 cm³/mol. The predicted octanol–water partition coefficient (Wildman–Crippen LogP) is 13.1. The molecule has 7 aromatic rings. The van der Waals surface area contributed by atoms with E-state index in [1.54, 1.807) is 0 Å². The molecule has 0 aromatic heterocycles. The number of hydrogen-bond acceptors (Lipinski definition) is 1. The molecule has 49 heavy (non-hydrogen) atoms. The summed E-state index contributed by atoms with van der Waals surface area (Å²) >= 11 is 0. The topological polar surface area (TPSA) is 3.24 Å². The van der Waals surface area contributed by atoms with Gasteiger partial charge in [-0.05, 0) is 91.5 Å². The lowest BCUT2D eigenvalue weighted by Crippen LogP contribution is -2.16. The van der Waals surface area contributed by atoms with Crippen molar-refractivity contribution in [1.82, 2.24) is 0 Å². The van der Waals surface area contributed by atoms with E-state index in [0.717, 1.165) is 17.1 Å². The maximum atomic E-state index is 2.42. The van der Waals surface area contributed by atoms with Crippen LogP contribution in [0.25, 0.3) is 44.5 Å². The van der Waals surface area contributed by atoms with Gasteiger partial charge in [-0.15, -0.1) is 0 Å². The van der Waals surface area contributed by atoms with Crippen molar-refractivity contribution in [2.45, 2.75) is 38.5 Å². The Bertz CT molecular complexity index is 2380. The van der Waals surface area contributed by atoms with Crippen LogP contribution in [0.1, 0.15) is 49.9 Å². The molecule has 7 aromatic carbocycles. The normalized spacial score (nSPS) is 14.4. The maximum absolute atomic E-state index is 2.42. The van der Waals surface area contributed by atoms with Crippen molar-refractivity contribution in [3.8, 4) is 44.5 Å². The molecule has 9 rings (SSSR count). The first-order chi connectivity index (χ1) is 23.9. The largest absolute Gasteiger partial charge is 0.310 e. The van der Waals surface area contributed by atoms with E-state index in [-0.39, 0.29) is 10.8 Å². The van der Waals surface area contributed by atoms with Gasteiger partial charge in [0, 0.05) is 27.8 Å². The van der Waals surface area contributed by atoms with E-state index in [9.17, 15) is 0 Å². The summed E-state index contributed by atoms with van der Waals surface area (Å²) in [6.45, 7) is 9.44. The minimum Gasteiger partial charge on any atom is -0.310 e. The zero-order valence-corrected chi connectivity index (χ0v) is 28.5. The first-order valence-electron chi connectivity index (χ1n) is 17.4. The Kier molecular flexibility index (Phi) is 6.58. The van der Waals surface area contributed by atoms with E-state index in [4.69, 9.17) is 0 Å². The van der Waals surface area contributed by atoms with Crippen LogP contribution in [0.15, 0.2) is 164 Å². The molecular weight excluding hydrogens is 591 g/mol. The Balaban J connectivity index is 1.19. The molecule has 0 aliphatic heterocycles. The van der Waals surface area contributed by atoms with Crippen molar-refractivity contribution < 1.29 is 0 Å². The highest BCUT2D eigenvalue weighted by molar-refractivity contribution is 5.98. The fourth-order valence-corrected chi connectivity index (χ4v) is 8.76. The molecule has 0 atom stereocenters. The molecule has 0 saturated carbocycles. The van der Waals surface area contributed by atoms with Crippen molar-refractivity contribution in [2.24, 2.45) is 0 Å². The third-order valence-corrected chi connectivity index (χ3v) is 11.1. The fraction of sp³-hybridized carbons (Fsp3) is 0.125. The second kappa shape index (κ2) is 10.9. The van der Waals surface area contributed by atoms with E-state index in [2.05, 4.69) is 196 Å². The van der Waals surface area contributed by atoms with Crippen molar-refractivity contribution >= 4 is 17.1 Å². The van der Waals surface area contributed by atoms with Crippen LogP contribution in [-0.2, 0) is 10.8 Å². The first-order valence-corrected chi connectivity index (χ1v) is 17.4. The monoisotopic (exact) mass is 629 g/mol. The smallest absolute Gasteiger partial charge is 0.0540 e. The summed E-state index contributed by atoms with van der Waals surface area (Å²) in [5, 5.41) is 0. The number of anilines is 3. The van der Waals surface area contributed by atoms with Crippen LogP contribution in [0.2, 0.25) is 0 Å².